The molecule has 0 saturated heterocycles. The number of hydrogen-bond acceptors (Lipinski definition) is 9. The second-order valence-corrected chi connectivity index (χ2v) is 15.0. The Morgan fingerprint density at radius 3 is 2.46 bits per heavy atom. The number of aliphatic hydroxyl groups excluding tert-OH is 2. The largest absolute Gasteiger partial charge is 0.490 e. The van der Waals surface area contributed by atoms with Crippen molar-refractivity contribution in [3.63, 3.8) is 0 Å². The molecule has 0 amide bonds. The molecular formula is C42H54N4O6. The molecule has 1 aliphatic heterocycles. The number of unbranched alkanes of at least 4 members (excludes halogenated alkanes) is 2. The van der Waals surface area contributed by atoms with E-state index in [1.165, 1.54) is 0 Å². The zero-order valence-corrected chi connectivity index (χ0v) is 30.8. The molecule has 3 aromatic rings. The van der Waals surface area contributed by atoms with Gasteiger partial charge in [-0.15, -0.1) is 11.7 Å². The summed E-state index contributed by atoms with van der Waals surface area (Å²) in [4.78, 5) is 6.22. The Labute approximate surface area is 307 Å². The number of rotatable bonds is 17. The number of fused-ring (bicyclic) bond motifs is 2. The summed E-state index contributed by atoms with van der Waals surface area (Å²) in [5, 5.41) is 33.7. The number of ether oxygens (including phenoxy) is 3. The Hall–Kier alpha value is -4.25. The van der Waals surface area contributed by atoms with Crippen LogP contribution in [0, 0.1) is 17.8 Å². The van der Waals surface area contributed by atoms with Crippen LogP contribution in [0.5, 0.6) is 11.5 Å². The zero-order valence-electron chi connectivity index (χ0n) is 30.8. The smallest absolute Gasteiger partial charge is 0.241 e. The normalized spacial score (nSPS) is 25.8. The van der Waals surface area contributed by atoms with Crippen LogP contribution in [0.3, 0.4) is 0 Å². The fourth-order valence-corrected chi connectivity index (χ4v) is 8.30. The Morgan fingerprint density at radius 1 is 1.00 bits per heavy atom. The van der Waals surface area contributed by atoms with Crippen LogP contribution in [-0.4, -0.2) is 68.7 Å². The van der Waals surface area contributed by atoms with Gasteiger partial charge >= 0.3 is 0 Å². The van der Waals surface area contributed by atoms with Crippen LogP contribution in [0.4, 0.5) is 0 Å². The second kappa shape index (κ2) is 16.6. The van der Waals surface area contributed by atoms with Gasteiger partial charge in [-0.05, 0) is 82.1 Å². The monoisotopic (exact) mass is 710 g/mol. The minimum absolute atomic E-state index is 0.0787. The third kappa shape index (κ3) is 7.75. The van der Waals surface area contributed by atoms with Crippen molar-refractivity contribution in [3.8, 4) is 22.8 Å². The molecule has 1 fully saturated rings. The van der Waals surface area contributed by atoms with Crippen molar-refractivity contribution in [3.05, 3.63) is 97.3 Å². The lowest BCUT2D eigenvalue weighted by molar-refractivity contribution is -0.252. The molecule has 3 aliphatic rings. The van der Waals surface area contributed by atoms with Crippen LogP contribution < -0.4 is 9.47 Å². The van der Waals surface area contributed by atoms with Crippen molar-refractivity contribution >= 4 is 5.71 Å². The SMILES string of the molecule is C=CCOc1ccc2c(c1)[C@H]1[C@H](CCCCO)[C@@H](CCCCO)C=C3C(=NOC(C)(C)C)C[C@H](n4nncc4-c4ccccc4)[C@@](OCC=C)(O2)[C@H]31. The molecule has 10 heteroatoms. The summed E-state index contributed by atoms with van der Waals surface area (Å²) in [7, 11) is 0. The Kier molecular flexibility index (Phi) is 12.0. The molecule has 6 atom stereocenters. The number of benzene rings is 2. The number of aliphatic hydroxyl groups is 2. The number of oxime groups is 1. The van der Waals surface area contributed by atoms with Crippen LogP contribution in [0.25, 0.3) is 11.3 Å². The average Bonchev–Trinajstić information content (AvgIpc) is 3.63. The third-order valence-electron chi connectivity index (χ3n) is 10.4. The molecule has 2 heterocycles. The molecule has 2 aliphatic carbocycles. The van der Waals surface area contributed by atoms with Gasteiger partial charge in [0.1, 0.15) is 29.7 Å². The maximum Gasteiger partial charge on any atom is 0.241 e. The van der Waals surface area contributed by atoms with E-state index in [4.69, 9.17) is 29.4 Å². The minimum Gasteiger partial charge on any atom is -0.490 e. The summed E-state index contributed by atoms with van der Waals surface area (Å²) in [5.74, 6) is 0.174. The molecule has 6 rings (SSSR count). The average molecular weight is 711 g/mol. The van der Waals surface area contributed by atoms with E-state index in [-0.39, 0.29) is 43.5 Å². The van der Waals surface area contributed by atoms with E-state index in [2.05, 4.69) is 42.5 Å². The maximum atomic E-state index is 9.87. The van der Waals surface area contributed by atoms with E-state index in [0.29, 0.717) is 19.4 Å². The molecular weight excluding hydrogens is 656 g/mol. The second-order valence-electron chi connectivity index (χ2n) is 15.0. The molecule has 1 saturated carbocycles. The van der Waals surface area contributed by atoms with Gasteiger partial charge in [-0.25, -0.2) is 4.68 Å². The zero-order chi connectivity index (χ0) is 36.7. The number of hydrogen-bond donors (Lipinski definition) is 2. The molecule has 0 spiro atoms. The lowest BCUT2D eigenvalue weighted by Gasteiger charge is -2.58. The molecule has 2 N–H and O–H groups in total. The fourth-order valence-electron chi connectivity index (χ4n) is 8.30. The highest BCUT2D eigenvalue weighted by Crippen LogP contribution is 2.63. The van der Waals surface area contributed by atoms with Crippen molar-refractivity contribution < 1.29 is 29.3 Å². The first-order valence-corrected chi connectivity index (χ1v) is 18.7. The third-order valence-corrected chi connectivity index (χ3v) is 10.4. The summed E-state index contributed by atoms with van der Waals surface area (Å²) in [6, 6.07) is 15.7. The van der Waals surface area contributed by atoms with Gasteiger partial charge in [-0.1, -0.05) is 78.3 Å². The molecule has 2 aromatic carbocycles. The van der Waals surface area contributed by atoms with E-state index in [0.717, 1.165) is 71.7 Å². The summed E-state index contributed by atoms with van der Waals surface area (Å²) < 4.78 is 22.4. The van der Waals surface area contributed by atoms with Crippen LogP contribution in [0.15, 0.2) is 96.8 Å². The van der Waals surface area contributed by atoms with Crippen molar-refractivity contribution in [1.29, 1.82) is 0 Å². The van der Waals surface area contributed by atoms with Gasteiger partial charge in [0.2, 0.25) is 5.79 Å². The quantitative estimate of drug-likeness (QED) is 0.0827. The molecule has 0 bridgehead atoms. The van der Waals surface area contributed by atoms with Crippen molar-refractivity contribution in [2.45, 2.75) is 89.1 Å². The van der Waals surface area contributed by atoms with Crippen LogP contribution in [-0.2, 0) is 9.57 Å². The standard InChI is InChI=1S/C42H54N4O6/c1-6-23-49-31-19-20-37-34(26-31)39-32(18-12-14-22-48)30(17-11-13-21-47)25-33-35(44-52-41(3,4)5)27-38(42(51-37,40(33)39)50-24-7-2)46-36(28-43-45-46)29-15-9-8-10-16-29/h6-10,15-16,19-20,25-26,28,30,32,38-40,47-48H,1-2,11-14,17-18,21-24,27H2,3-5H3/t30-,32+,38-,39+,40+,42+/m0/s1. The van der Waals surface area contributed by atoms with Crippen molar-refractivity contribution in [2.24, 2.45) is 22.9 Å². The van der Waals surface area contributed by atoms with Gasteiger partial charge in [0.25, 0.3) is 0 Å². The van der Waals surface area contributed by atoms with E-state index >= 15 is 0 Å². The predicted octanol–water partition coefficient (Wildman–Crippen LogP) is 7.81. The lowest BCUT2D eigenvalue weighted by Crippen LogP contribution is -2.63. The summed E-state index contributed by atoms with van der Waals surface area (Å²) in [6.07, 6.45) is 13.1. The van der Waals surface area contributed by atoms with E-state index in [9.17, 15) is 10.2 Å². The Morgan fingerprint density at radius 2 is 1.75 bits per heavy atom. The first kappa shape index (κ1) is 37.5. The fraction of sp³-hybridized carbons (Fsp3) is 0.500. The minimum atomic E-state index is -1.23. The van der Waals surface area contributed by atoms with Crippen LogP contribution in [0.1, 0.15) is 83.2 Å². The first-order valence-electron chi connectivity index (χ1n) is 18.7. The number of allylic oxidation sites excluding steroid dienone is 1. The highest BCUT2D eigenvalue weighted by atomic mass is 16.7. The van der Waals surface area contributed by atoms with Gasteiger partial charge in [-0.3, -0.25) is 0 Å². The topological polar surface area (TPSA) is 120 Å². The van der Waals surface area contributed by atoms with Crippen LogP contribution >= 0.6 is 0 Å². The lowest BCUT2D eigenvalue weighted by atomic mass is 9.55. The van der Waals surface area contributed by atoms with E-state index in [1.54, 1.807) is 18.3 Å². The highest BCUT2D eigenvalue weighted by molar-refractivity contribution is 6.02. The van der Waals surface area contributed by atoms with E-state index < -0.39 is 17.4 Å². The number of aromatic nitrogens is 3. The van der Waals surface area contributed by atoms with Gasteiger partial charge in [-0.2, -0.15) is 0 Å². The molecule has 0 radical (unpaired) electrons. The van der Waals surface area contributed by atoms with Crippen molar-refractivity contribution in [2.75, 3.05) is 26.4 Å². The predicted molar refractivity (Wildman–Crippen MR) is 202 cm³/mol. The van der Waals surface area contributed by atoms with Crippen LogP contribution in [0.2, 0.25) is 0 Å². The molecule has 278 valence electrons. The van der Waals surface area contributed by atoms with Crippen molar-refractivity contribution in [1.82, 2.24) is 15.0 Å². The molecule has 52 heavy (non-hydrogen) atoms. The Balaban J connectivity index is 1.63. The summed E-state index contributed by atoms with van der Waals surface area (Å²) >= 11 is 0. The first-order chi connectivity index (χ1) is 25.2. The van der Waals surface area contributed by atoms with Gasteiger partial charge < -0.3 is 29.3 Å². The van der Waals surface area contributed by atoms with Gasteiger partial charge in [0.15, 0.2) is 0 Å². The summed E-state index contributed by atoms with van der Waals surface area (Å²) in [5.41, 5.74) is 4.22. The van der Waals surface area contributed by atoms with Gasteiger partial charge in [0.05, 0.1) is 30.1 Å². The molecule has 0 unspecified atom stereocenters. The highest BCUT2D eigenvalue weighted by Gasteiger charge is 2.65. The summed E-state index contributed by atoms with van der Waals surface area (Å²) in [6.45, 7) is 14.8. The van der Waals surface area contributed by atoms with Gasteiger partial charge in [0, 0.05) is 36.7 Å². The maximum absolute atomic E-state index is 9.87. The number of nitrogens with zero attached hydrogens (tertiary/aromatic N) is 4. The Bertz CT molecular complexity index is 1730. The molecule has 10 nitrogen and oxygen atoms in total. The molecule has 1 aromatic heterocycles. The van der Waals surface area contributed by atoms with E-state index in [1.807, 2.05) is 55.8 Å².